The summed E-state index contributed by atoms with van der Waals surface area (Å²) in [5, 5.41) is 28.4. The number of hydrogen-bond donors (Lipinski definition) is 2. The summed E-state index contributed by atoms with van der Waals surface area (Å²) in [6.45, 7) is 0. The number of hydrogen-bond acceptors (Lipinski definition) is 5. The lowest BCUT2D eigenvalue weighted by molar-refractivity contribution is 0.0529. The summed E-state index contributed by atoms with van der Waals surface area (Å²) in [6.07, 6.45) is -2.66. The van der Waals surface area contributed by atoms with Crippen LogP contribution < -0.4 is 4.74 Å². The average molecular weight is 244 g/mol. The van der Waals surface area contributed by atoms with Crippen molar-refractivity contribution < 1.29 is 14.9 Å². The molecule has 1 heterocycles. The van der Waals surface area contributed by atoms with E-state index >= 15 is 0 Å². The Morgan fingerprint density at radius 3 is 2.72 bits per heavy atom. The predicted molar refractivity (Wildman–Crippen MR) is 64.9 cm³/mol. The van der Waals surface area contributed by atoms with Crippen molar-refractivity contribution in [2.45, 2.75) is 12.2 Å². The summed E-state index contributed by atoms with van der Waals surface area (Å²) in [6, 6.07) is 10.1. The Morgan fingerprint density at radius 2 is 2.06 bits per heavy atom. The average Bonchev–Trinajstić information content (AvgIpc) is 2.44. The minimum Gasteiger partial charge on any atom is -0.481 e. The molecule has 0 radical (unpaired) electrons. The first kappa shape index (κ1) is 12.3. The zero-order chi connectivity index (χ0) is 13.1. The Balaban J connectivity index is 2.42. The first-order chi connectivity index (χ1) is 8.65. The number of benzene rings is 1. The van der Waals surface area contributed by atoms with E-state index in [1.165, 1.54) is 7.11 Å². The number of fused-ring (bicyclic) bond motifs is 1. The number of methoxy groups -OCH3 is 1. The highest BCUT2D eigenvalue weighted by Crippen LogP contribution is 2.23. The van der Waals surface area contributed by atoms with E-state index in [0.717, 1.165) is 10.9 Å². The highest BCUT2D eigenvalue weighted by Gasteiger charge is 2.17. The zero-order valence-electron chi connectivity index (χ0n) is 9.74. The Hall–Kier alpha value is -2.16. The predicted octanol–water partition coefficient (Wildman–Crippen LogP) is 1.16. The third kappa shape index (κ3) is 2.25. The van der Waals surface area contributed by atoms with Gasteiger partial charge in [0.2, 0.25) is 5.88 Å². The van der Waals surface area contributed by atoms with Crippen LogP contribution in [0.5, 0.6) is 5.88 Å². The largest absolute Gasteiger partial charge is 0.481 e. The molecular weight excluding hydrogens is 232 g/mol. The first-order valence-corrected chi connectivity index (χ1v) is 5.36. The number of pyridine rings is 1. The number of ether oxygens (including phenoxy) is 1. The van der Waals surface area contributed by atoms with E-state index in [1.807, 2.05) is 0 Å². The fourth-order valence-electron chi connectivity index (χ4n) is 1.68. The number of nitriles is 1. The van der Waals surface area contributed by atoms with Crippen LogP contribution in [0.15, 0.2) is 30.3 Å². The topological polar surface area (TPSA) is 86.4 Å². The SMILES string of the molecule is COc1ccc2cc(C(O)C(O)C#N)ccc2n1. The van der Waals surface area contributed by atoms with E-state index < -0.39 is 12.2 Å². The van der Waals surface area contributed by atoms with Gasteiger partial charge in [0.15, 0.2) is 6.10 Å². The monoisotopic (exact) mass is 244 g/mol. The molecule has 92 valence electrons. The van der Waals surface area contributed by atoms with Crippen LogP contribution in [0.4, 0.5) is 0 Å². The Labute approximate surface area is 104 Å². The Kier molecular flexibility index (Phi) is 3.42. The van der Waals surface area contributed by atoms with Crippen LogP contribution in [0.1, 0.15) is 11.7 Å². The highest BCUT2D eigenvalue weighted by molar-refractivity contribution is 5.80. The molecule has 0 saturated heterocycles. The summed E-state index contributed by atoms with van der Waals surface area (Å²) in [5.74, 6) is 0.507. The summed E-state index contributed by atoms with van der Waals surface area (Å²) >= 11 is 0. The standard InChI is InChI=1S/C13H12N2O3/c1-18-12-5-3-8-6-9(2-4-10(8)15-12)13(17)11(16)7-14/h2-6,11,13,16-17H,1H3. The maximum atomic E-state index is 9.73. The molecule has 1 aromatic heterocycles. The molecule has 0 aliphatic rings. The maximum absolute atomic E-state index is 9.73. The van der Waals surface area contributed by atoms with Crippen molar-refractivity contribution in [3.05, 3.63) is 35.9 Å². The van der Waals surface area contributed by atoms with Gasteiger partial charge in [-0.2, -0.15) is 5.26 Å². The highest BCUT2D eigenvalue weighted by atomic mass is 16.5. The molecule has 2 aromatic rings. The summed E-state index contributed by atoms with van der Waals surface area (Å²) in [5.41, 5.74) is 1.19. The summed E-state index contributed by atoms with van der Waals surface area (Å²) in [4.78, 5) is 4.23. The molecule has 0 saturated carbocycles. The third-order valence-corrected chi connectivity index (χ3v) is 2.67. The van der Waals surface area contributed by atoms with Gasteiger partial charge in [0.25, 0.3) is 0 Å². The lowest BCUT2D eigenvalue weighted by atomic mass is 10.0. The van der Waals surface area contributed by atoms with Gasteiger partial charge in [-0.25, -0.2) is 4.98 Å². The number of aliphatic hydroxyl groups excluding tert-OH is 2. The van der Waals surface area contributed by atoms with Gasteiger partial charge < -0.3 is 14.9 Å². The van der Waals surface area contributed by atoms with Crippen LogP contribution in [0.2, 0.25) is 0 Å². The number of nitrogens with zero attached hydrogens (tertiary/aromatic N) is 2. The Morgan fingerprint density at radius 1 is 1.28 bits per heavy atom. The molecule has 0 spiro atoms. The quantitative estimate of drug-likeness (QED) is 0.791. The van der Waals surface area contributed by atoms with Crippen molar-refractivity contribution in [1.29, 1.82) is 5.26 Å². The molecule has 0 bridgehead atoms. The molecule has 2 N–H and O–H groups in total. The van der Waals surface area contributed by atoms with Crippen molar-refractivity contribution in [1.82, 2.24) is 4.98 Å². The maximum Gasteiger partial charge on any atom is 0.213 e. The van der Waals surface area contributed by atoms with E-state index in [4.69, 9.17) is 10.00 Å². The van der Waals surface area contributed by atoms with Crippen molar-refractivity contribution in [2.24, 2.45) is 0 Å². The second-order valence-electron chi connectivity index (χ2n) is 3.82. The smallest absolute Gasteiger partial charge is 0.213 e. The van der Waals surface area contributed by atoms with E-state index in [2.05, 4.69) is 4.98 Å². The molecule has 2 atom stereocenters. The van der Waals surface area contributed by atoms with Crippen molar-refractivity contribution >= 4 is 10.9 Å². The Bertz CT molecular complexity index is 607. The van der Waals surface area contributed by atoms with Crippen LogP contribution in [-0.4, -0.2) is 28.4 Å². The summed E-state index contributed by atoms with van der Waals surface area (Å²) in [7, 11) is 1.54. The molecule has 1 aromatic carbocycles. The van der Waals surface area contributed by atoms with Crippen LogP contribution in [0.25, 0.3) is 10.9 Å². The molecule has 0 aliphatic carbocycles. The lowest BCUT2D eigenvalue weighted by Crippen LogP contribution is -2.15. The molecule has 2 unspecified atom stereocenters. The van der Waals surface area contributed by atoms with E-state index in [0.29, 0.717) is 11.4 Å². The van der Waals surface area contributed by atoms with Gasteiger partial charge >= 0.3 is 0 Å². The zero-order valence-corrected chi connectivity index (χ0v) is 9.74. The molecular formula is C13H12N2O3. The minimum atomic E-state index is -1.44. The number of aliphatic hydroxyl groups is 2. The van der Waals surface area contributed by atoms with Crippen LogP contribution in [-0.2, 0) is 0 Å². The number of aromatic nitrogens is 1. The minimum absolute atomic E-state index is 0.475. The van der Waals surface area contributed by atoms with Crippen LogP contribution in [0.3, 0.4) is 0 Å². The second kappa shape index (κ2) is 5.00. The molecule has 5 nitrogen and oxygen atoms in total. The summed E-state index contributed by atoms with van der Waals surface area (Å²) < 4.78 is 5.01. The van der Waals surface area contributed by atoms with Gasteiger partial charge in [0.1, 0.15) is 6.10 Å². The number of rotatable bonds is 3. The molecule has 0 amide bonds. The van der Waals surface area contributed by atoms with Gasteiger partial charge in [-0.05, 0) is 23.8 Å². The van der Waals surface area contributed by atoms with Gasteiger partial charge in [0, 0.05) is 11.5 Å². The molecule has 5 heteroatoms. The van der Waals surface area contributed by atoms with Crippen LogP contribution in [0, 0.1) is 11.3 Å². The van der Waals surface area contributed by atoms with Crippen molar-refractivity contribution in [2.75, 3.05) is 7.11 Å². The third-order valence-electron chi connectivity index (χ3n) is 2.67. The van der Waals surface area contributed by atoms with Crippen molar-refractivity contribution in [3.8, 4) is 11.9 Å². The first-order valence-electron chi connectivity index (χ1n) is 5.36. The van der Waals surface area contributed by atoms with Gasteiger partial charge in [-0.3, -0.25) is 0 Å². The second-order valence-corrected chi connectivity index (χ2v) is 3.82. The molecule has 0 aliphatic heterocycles. The van der Waals surface area contributed by atoms with Gasteiger partial charge in [-0.1, -0.05) is 6.07 Å². The van der Waals surface area contributed by atoms with Gasteiger partial charge in [-0.15, -0.1) is 0 Å². The van der Waals surface area contributed by atoms with E-state index in [1.54, 1.807) is 36.4 Å². The van der Waals surface area contributed by atoms with Crippen LogP contribution >= 0.6 is 0 Å². The fraction of sp³-hybridized carbons (Fsp3) is 0.231. The fourth-order valence-corrected chi connectivity index (χ4v) is 1.68. The molecule has 0 fully saturated rings. The normalized spacial score (nSPS) is 13.9. The molecule has 2 rings (SSSR count). The van der Waals surface area contributed by atoms with Crippen molar-refractivity contribution in [3.63, 3.8) is 0 Å². The van der Waals surface area contributed by atoms with Gasteiger partial charge in [0.05, 0.1) is 18.7 Å². The molecule has 18 heavy (non-hydrogen) atoms. The lowest BCUT2D eigenvalue weighted by Gasteiger charge is -2.12. The van der Waals surface area contributed by atoms with E-state index in [9.17, 15) is 10.2 Å². The van der Waals surface area contributed by atoms with E-state index in [-0.39, 0.29) is 0 Å².